The average Bonchev–Trinajstić information content (AvgIpc) is 3.69. The van der Waals surface area contributed by atoms with Gasteiger partial charge in [-0.3, -0.25) is 14.2 Å². The standard InChI is InChI=1S/C29H32N6O4S/c1-6-8-21-15-27(36)33(29(30-21)34-19(3)13-18(2)31-34)17-28(37)35-23(16-22(32-35)26-9-7-12-40-26)20-10-11-24(38-4)25(14-20)39-5/h7,9-15,23H,6,8,16-17H2,1-5H3. The summed E-state index contributed by atoms with van der Waals surface area (Å²) in [5, 5.41) is 12.8. The molecule has 208 valence electrons. The highest BCUT2D eigenvalue weighted by atomic mass is 32.1. The molecule has 4 aromatic rings. The first-order valence-electron chi connectivity index (χ1n) is 13.1. The van der Waals surface area contributed by atoms with Gasteiger partial charge < -0.3 is 9.47 Å². The first kappa shape index (κ1) is 27.3. The third-order valence-corrected chi connectivity index (χ3v) is 7.72. The number of hydrogen-bond donors (Lipinski definition) is 0. The van der Waals surface area contributed by atoms with Crippen LogP contribution in [0.5, 0.6) is 11.5 Å². The first-order valence-corrected chi connectivity index (χ1v) is 14.0. The number of carbonyl (C=O) groups excluding carboxylic acids is 1. The highest BCUT2D eigenvalue weighted by Gasteiger charge is 2.34. The minimum atomic E-state index is -0.385. The van der Waals surface area contributed by atoms with Crippen molar-refractivity contribution < 1.29 is 14.3 Å². The third kappa shape index (κ3) is 5.29. The molecule has 0 saturated heterocycles. The van der Waals surface area contributed by atoms with Crippen LogP contribution in [0.15, 0.2) is 57.7 Å². The van der Waals surface area contributed by atoms with Gasteiger partial charge in [0.25, 0.3) is 11.5 Å². The fourth-order valence-electron chi connectivity index (χ4n) is 4.93. The molecular formula is C29H32N6O4S. The second kappa shape index (κ2) is 11.5. The van der Waals surface area contributed by atoms with Gasteiger partial charge in [-0.15, -0.1) is 11.3 Å². The Morgan fingerprint density at radius 1 is 1.10 bits per heavy atom. The number of hydrazone groups is 1. The lowest BCUT2D eigenvalue weighted by Crippen LogP contribution is -2.36. The molecule has 5 rings (SSSR count). The number of amides is 1. The molecule has 0 spiro atoms. The second-order valence-corrected chi connectivity index (χ2v) is 10.6. The van der Waals surface area contributed by atoms with Gasteiger partial charge in [0.15, 0.2) is 11.5 Å². The van der Waals surface area contributed by atoms with Gasteiger partial charge in [-0.25, -0.2) is 14.7 Å². The van der Waals surface area contributed by atoms with Crippen molar-refractivity contribution in [2.75, 3.05) is 14.2 Å². The van der Waals surface area contributed by atoms with Crippen LogP contribution >= 0.6 is 11.3 Å². The van der Waals surface area contributed by atoms with Gasteiger partial charge in [0.05, 0.1) is 36.5 Å². The van der Waals surface area contributed by atoms with Crippen LogP contribution in [0, 0.1) is 13.8 Å². The smallest absolute Gasteiger partial charge is 0.263 e. The Bertz CT molecular complexity index is 1620. The number of methoxy groups -OCH3 is 2. The molecule has 4 heterocycles. The quantitative estimate of drug-likeness (QED) is 0.300. The lowest BCUT2D eigenvalue weighted by atomic mass is 10.0. The van der Waals surface area contributed by atoms with Crippen molar-refractivity contribution >= 4 is 23.0 Å². The predicted molar refractivity (Wildman–Crippen MR) is 154 cm³/mol. The van der Waals surface area contributed by atoms with Crippen molar-refractivity contribution in [2.45, 2.75) is 52.6 Å². The molecule has 0 radical (unpaired) electrons. The Hall–Kier alpha value is -4.25. The van der Waals surface area contributed by atoms with E-state index in [0.717, 1.165) is 34.0 Å². The molecule has 1 amide bonds. The normalized spacial score (nSPS) is 14.9. The van der Waals surface area contributed by atoms with E-state index in [1.807, 2.05) is 62.5 Å². The van der Waals surface area contributed by atoms with Gasteiger partial charge in [-0.2, -0.15) is 10.2 Å². The van der Waals surface area contributed by atoms with Crippen LogP contribution in [-0.2, 0) is 17.8 Å². The Balaban J connectivity index is 1.56. The van der Waals surface area contributed by atoms with Crippen molar-refractivity contribution in [1.29, 1.82) is 0 Å². The van der Waals surface area contributed by atoms with Crippen LogP contribution in [-0.4, -0.2) is 50.2 Å². The van der Waals surface area contributed by atoms with Crippen LogP contribution < -0.4 is 15.0 Å². The summed E-state index contributed by atoms with van der Waals surface area (Å²) in [5.74, 6) is 1.15. The zero-order valence-electron chi connectivity index (χ0n) is 23.2. The van der Waals surface area contributed by atoms with E-state index in [2.05, 4.69) is 5.10 Å². The van der Waals surface area contributed by atoms with Gasteiger partial charge >= 0.3 is 0 Å². The maximum atomic E-state index is 14.0. The Morgan fingerprint density at radius 2 is 1.90 bits per heavy atom. The molecule has 1 aromatic carbocycles. The fourth-order valence-corrected chi connectivity index (χ4v) is 5.65. The van der Waals surface area contributed by atoms with Crippen molar-refractivity contribution in [3.63, 3.8) is 0 Å². The number of ether oxygens (including phenoxy) is 2. The van der Waals surface area contributed by atoms with Crippen LogP contribution in [0.2, 0.25) is 0 Å². The third-order valence-electron chi connectivity index (χ3n) is 6.80. The van der Waals surface area contributed by atoms with Gasteiger partial charge in [-0.1, -0.05) is 25.5 Å². The second-order valence-electron chi connectivity index (χ2n) is 9.66. The van der Waals surface area contributed by atoms with E-state index in [0.29, 0.717) is 36.0 Å². The van der Waals surface area contributed by atoms with Crippen molar-refractivity contribution in [2.24, 2.45) is 5.10 Å². The molecule has 40 heavy (non-hydrogen) atoms. The highest BCUT2D eigenvalue weighted by molar-refractivity contribution is 7.12. The minimum absolute atomic E-state index is 0.239. The fraction of sp³-hybridized carbons (Fsp3) is 0.345. The minimum Gasteiger partial charge on any atom is -0.493 e. The molecule has 0 fully saturated rings. The van der Waals surface area contributed by atoms with Gasteiger partial charge in [0.1, 0.15) is 6.54 Å². The zero-order chi connectivity index (χ0) is 28.4. The van der Waals surface area contributed by atoms with E-state index in [9.17, 15) is 9.59 Å². The van der Waals surface area contributed by atoms with E-state index in [4.69, 9.17) is 19.6 Å². The number of benzene rings is 1. The lowest BCUT2D eigenvalue weighted by molar-refractivity contribution is -0.133. The van der Waals surface area contributed by atoms with E-state index in [-0.39, 0.29) is 24.1 Å². The summed E-state index contributed by atoms with van der Waals surface area (Å²) < 4.78 is 13.9. The number of aryl methyl sites for hydroxylation is 3. The molecule has 1 aliphatic rings. The van der Waals surface area contributed by atoms with Crippen molar-refractivity contribution in [3.8, 4) is 17.4 Å². The summed E-state index contributed by atoms with van der Waals surface area (Å²) in [4.78, 5) is 33.1. The molecule has 11 heteroatoms. The molecular weight excluding hydrogens is 528 g/mol. The van der Waals surface area contributed by atoms with Crippen LogP contribution in [0.3, 0.4) is 0 Å². The number of rotatable bonds is 9. The first-order chi connectivity index (χ1) is 19.3. The van der Waals surface area contributed by atoms with Gasteiger partial charge in [-0.05, 0) is 55.5 Å². The number of thiophene rings is 1. The molecule has 0 bridgehead atoms. The van der Waals surface area contributed by atoms with Crippen LogP contribution in [0.4, 0.5) is 0 Å². The van der Waals surface area contributed by atoms with E-state index in [1.54, 1.807) is 30.2 Å². The summed E-state index contributed by atoms with van der Waals surface area (Å²) in [7, 11) is 3.16. The molecule has 3 aromatic heterocycles. The SMILES string of the molecule is CCCc1cc(=O)n(CC(=O)N2N=C(c3cccs3)CC2c2ccc(OC)c(OC)c2)c(-n2nc(C)cc2C)n1. The van der Waals surface area contributed by atoms with Gasteiger partial charge in [0, 0.05) is 23.9 Å². The topological polar surface area (TPSA) is 104 Å². The maximum Gasteiger partial charge on any atom is 0.263 e. The largest absolute Gasteiger partial charge is 0.493 e. The number of hydrogen-bond acceptors (Lipinski definition) is 8. The molecule has 1 unspecified atom stereocenters. The number of nitrogens with zero attached hydrogens (tertiary/aromatic N) is 6. The van der Waals surface area contributed by atoms with Crippen molar-refractivity contribution in [3.05, 3.63) is 85.7 Å². The number of aromatic nitrogens is 4. The summed E-state index contributed by atoms with van der Waals surface area (Å²) >= 11 is 1.57. The monoisotopic (exact) mass is 560 g/mol. The van der Waals surface area contributed by atoms with E-state index >= 15 is 0 Å². The summed E-state index contributed by atoms with van der Waals surface area (Å²) in [5.41, 5.74) is 3.64. The number of carbonyl (C=O) groups is 1. The maximum absolute atomic E-state index is 14.0. The molecule has 0 N–H and O–H groups in total. The van der Waals surface area contributed by atoms with Crippen LogP contribution in [0.1, 0.15) is 53.3 Å². The van der Waals surface area contributed by atoms with Crippen LogP contribution in [0.25, 0.3) is 5.95 Å². The van der Waals surface area contributed by atoms with Gasteiger partial charge in [0.2, 0.25) is 5.95 Å². The van der Waals surface area contributed by atoms with Crippen molar-refractivity contribution in [1.82, 2.24) is 24.3 Å². The average molecular weight is 561 g/mol. The Morgan fingerprint density at radius 3 is 2.55 bits per heavy atom. The van der Waals surface area contributed by atoms with E-state index < -0.39 is 0 Å². The zero-order valence-corrected chi connectivity index (χ0v) is 24.1. The molecule has 1 atom stereocenters. The molecule has 0 aliphatic carbocycles. The lowest BCUT2D eigenvalue weighted by Gasteiger charge is -2.24. The Kier molecular flexibility index (Phi) is 7.83. The summed E-state index contributed by atoms with van der Waals surface area (Å²) in [6, 6.07) is 12.6. The summed E-state index contributed by atoms with van der Waals surface area (Å²) in [6.45, 7) is 5.57. The molecule has 0 saturated carbocycles. The molecule has 1 aliphatic heterocycles. The predicted octanol–water partition coefficient (Wildman–Crippen LogP) is 4.45. The van der Waals surface area contributed by atoms with E-state index in [1.165, 1.54) is 15.6 Å². The highest BCUT2D eigenvalue weighted by Crippen LogP contribution is 2.38. The Labute approximate surface area is 236 Å². The molecule has 10 nitrogen and oxygen atoms in total. The summed E-state index contributed by atoms with van der Waals surface area (Å²) in [6.07, 6.45) is 2.01.